The lowest BCUT2D eigenvalue weighted by Crippen LogP contribution is -2.34. The van der Waals surface area contributed by atoms with Gasteiger partial charge < -0.3 is 14.6 Å². The van der Waals surface area contributed by atoms with E-state index in [1.165, 1.54) is 18.4 Å². The number of phenols is 1. The van der Waals surface area contributed by atoms with Crippen LogP contribution in [0.15, 0.2) is 53.4 Å². The molecule has 3 heterocycles. The molecule has 1 fully saturated rings. The number of hydrogen-bond acceptors (Lipinski definition) is 5. The zero-order valence-electron chi connectivity index (χ0n) is 16.7. The molecule has 0 amide bonds. The molecule has 4 aromatic rings. The summed E-state index contributed by atoms with van der Waals surface area (Å²) in [5, 5.41) is 21.9. The standard InChI is InChI=1S/C24H21FN2O4/c25-17-6-4-5-15-18(17)22(28)20(19-16(24(29)30)13-31-23(15)19)21(14-7-9-26-10-8-14)27-11-2-1-3-12-27/h4-10,13,21,28H,1-3,11-12H2,(H,29,30). The Labute approximate surface area is 177 Å². The number of nitrogens with zero attached hydrogens (tertiary/aromatic N) is 2. The average molecular weight is 420 g/mol. The van der Waals surface area contributed by atoms with Crippen molar-refractivity contribution in [3.05, 3.63) is 71.5 Å². The van der Waals surface area contributed by atoms with Crippen molar-refractivity contribution < 1.29 is 23.8 Å². The Bertz CT molecular complexity index is 1280. The third-order valence-electron chi connectivity index (χ3n) is 6.09. The Morgan fingerprint density at radius 1 is 1.10 bits per heavy atom. The molecule has 0 bridgehead atoms. The van der Waals surface area contributed by atoms with E-state index in [9.17, 15) is 19.4 Å². The van der Waals surface area contributed by atoms with Gasteiger partial charge in [-0.1, -0.05) is 18.6 Å². The highest BCUT2D eigenvalue weighted by atomic mass is 19.1. The van der Waals surface area contributed by atoms with Crippen molar-refractivity contribution in [2.75, 3.05) is 13.1 Å². The van der Waals surface area contributed by atoms with E-state index >= 15 is 0 Å². The van der Waals surface area contributed by atoms with Crippen molar-refractivity contribution in [2.24, 2.45) is 0 Å². The Kier molecular flexibility index (Phi) is 4.82. The van der Waals surface area contributed by atoms with E-state index in [4.69, 9.17) is 4.42 Å². The molecule has 0 radical (unpaired) electrons. The number of aromatic hydroxyl groups is 1. The highest BCUT2D eigenvalue weighted by Crippen LogP contribution is 2.47. The number of carbonyl (C=O) groups is 1. The van der Waals surface area contributed by atoms with Gasteiger partial charge >= 0.3 is 5.97 Å². The van der Waals surface area contributed by atoms with Crippen molar-refractivity contribution in [3.63, 3.8) is 0 Å². The summed E-state index contributed by atoms with van der Waals surface area (Å²) in [6.07, 6.45) is 7.58. The summed E-state index contributed by atoms with van der Waals surface area (Å²) in [5.74, 6) is -2.00. The number of benzene rings is 2. The molecule has 0 spiro atoms. The third kappa shape index (κ3) is 3.13. The van der Waals surface area contributed by atoms with Crippen molar-refractivity contribution >= 4 is 27.7 Å². The number of halogens is 1. The van der Waals surface area contributed by atoms with E-state index in [-0.39, 0.29) is 22.3 Å². The summed E-state index contributed by atoms with van der Waals surface area (Å²) in [6, 6.07) is 7.64. The molecular formula is C24H21FN2O4. The number of likely N-dealkylation sites (tertiary alicyclic amines) is 1. The molecule has 7 heteroatoms. The first-order valence-corrected chi connectivity index (χ1v) is 10.3. The second-order valence-electron chi connectivity index (χ2n) is 7.86. The summed E-state index contributed by atoms with van der Waals surface area (Å²) in [6.45, 7) is 1.56. The number of rotatable bonds is 4. The Morgan fingerprint density at radius 3 is 2.55 bits per heavy atom. The van der Waals surface area contributed by atoms with Gasteiger partial charge in [0.05, 0.1) is 11.4 Å². The molecule has 2 aromatic carbocycles. The van der Waals surface area contributed by atoms with E-state index < -0.39 is 17.8 Å². The van der Waals surface area contributed by atoms with Gasteiger partial charge in [0.25, 0.3) is 0 Å². The van der Waals surface area contributed by atoms with Crippen LogP contribution in [-0.2, 0) is 0 Å². The maximum atomic E-state index is 14.9. The lowest BCUT2D eigenvalue weighted by atomic mass is 9.88. The molecule has 2 aromatic heterocycles. The Hall–Kier alpha value is -3.45. The molecule has 158 valence electrons. The number of furan rings is 1. The summed E-state index contributed by atoms with van der Waals surface area (Å²) in [7, 11) is 0. The van der Waals surface area contributed by atoms with Crippen LogP contribution in [0, 0.1) is 5.82 Å². The number of aromatic carboxylic acids is 1. The molecule has 1 aliphatic rings. The second kappa shape index (κ2) is 7.67. The molecular weight excluding hydrogens is 399 g/mol. The quantitative estimate of drug-likeness (QED) is 0.478. The second-order valence-corrected chi connectivity index (χ2v) is 7.86. The molecule has 1 saturated heterocycles. The van der Waals surface area contributed by atoms with Crippen molar-refractivity contribution in [3.8, 4) is 5.75 Å². The van der Waals surface area contributed by atoms with Gasteiger partial charge in [-0.2, -0.15) is 0 Å². The fourth-order valence-corrected chi connectivity index (χ4v) is 4.74. The van der Waals surface area contributed by atoms with E-state index in [0.29, 0.717) is 16.3 Å². The molecule has 5 rings (SSSR count). The molecule has 1 aliphatic heterocycles. The molecule has 31 heavy (non-hydrogen) atoms. The first kappa shape index (κ1) is 19.5. The maximum absolute atomic E-state index is 14.9. The summed E-state index contributed by atoms with van der Waals surface area (Å²) in [4.78, 5) is 18.3. The van der Waals surface area contributed by atoms with Gasteiger partial charge in [-0.25, -0.2) is 9.18 Å². The Morgan fingerprint density at radius 2 is 1.84 bits per heavy atom. The van der Waals surface area contributed by atoms with Gasteiger partial charge in [-0.3, -0.25) is 9.88 Å². The van der Waals surface area contributed by atoms with Gasteiger partial charge in [-0.15, -0.1) is 0 Å². The topological polar surface area (TPSA) is 86.8 Å². The van der Waals surface area contributed by atoms with Crippen molar-refractivity contribution in [1.29, 1.82) is 0 Å². The Balaban J connectivity index is 1.91. The van der Waals surface area contributed by atoms with Crippen LogP contribution in [0.4, 0.5) is 4.39 Å². The number of carboxylic acid groups (broad SMARTS) is 1. The van der Waals surface area contributed by atoms with Crippen LogP contribution in [0.2, 0.25) is 0 Å². The van der Waals surface area contributed by atoms with Crippen molar-refractivity contribution in [2.45, 2.75) is 25.3 Å². The lowest BCUT2D eigenvalue weighted by molar-refractivity contribution is 0.0698. The highest BCUT2D eigenvalue weighted by Gasteiger charge is 2.33. The zero-order chi connectivity index (χ0) is 21.5. The summed E-state index contributed by atoms with van der Waals surface area (Å²) in [5.41, 5.74) is 1.41. The van der Waals surface area contributed by atoms with Gasteiger partial charge in [0.15, 0.2) is 0 Å². The number of pyridine rings is 1. The lowest BCUT2D eigenvalue weighted by Gasteiger charge is -2.36. The van der Waals surface area contributed by atoms with Crippen LogP contribution in [-0.4, -0.2) is 39.2 Å². The largest absolute Gasteiger partial charge is 0.507 e. The molecule has 1 unspecified atom stereocenters. The fourth-order valence-electron chi connectivity index (χ4n) is 4.74. The minimum Gasteiger partial charge on any atom is -0.507 e. The smallest absolute Gasteiger partial charge is 0.339 e. The van der Waals surface area contributed by atoms with E-state index in [1.807, 2.05) is 12.1 Å². The van der Waals surface area contributed by atoms with Crippen LogP contribution >= 0.6 is 0 Å². The molecule has 0 aliphatic carbocycles. The van der Waals surface area contributed by atoms with E-state index in [2.05, 4.69) is 9.88 Å². The molecule has 6 nitrogen and oxygen atoms in total. The molecule has 0 saturated carbocycles. The number of carboxylic acids is 1. The summed E-state index contributed by atoms with van der Waals surface area (Å²) < 4.78 is 20.5. The highest BCUT2D eigenvalue weighted by molar-refractivity contribution is 6.15. The number of hydrogen-bond donors (Lipinski definition) is 2. The number of piperidine rings is 1. The maximum Gasteiger partial charge on any atom is 0.339 e. The van der Waals surface area contributed by atoms with Crippen LogP contribution in [0.25, 0.3) is 21.7 Å². The predicted octanol–water partition coefficient (Wildman–Crippen LogP) is 5.10. The monoisotopic (exact) mass is 420 g/mol. The minimum absolute atomic E-state index is 0.0346. The van der Waals surface area contributed by atoms with Gasteiger partial charge in [0.2, 0.25) is 0 Å². The number of aromatic nitrogens is 1. The zero-order valence-corrected chi connectivity index (χ0v) is 16.7. The molecule has 2 N–H and O–H groups in total. The third-order valence-corrected chi connectivity index (χ3v) is 6.09. The average Bonchev–Trinajstić information content (AvgIpc) is 3.23. The minimum atomic E-state index is -1.16. The predicted molar refractivity (Wildman–Crippen MR) is 114 cm³/mol. The van der Waals surface area contributed by atoms with E-state index in [1.54, 1.807) is 18.5 Å². The normalized spacial score (nSPS) is 16.0. The summed E-state index contributed by atoms with van der Waals surface area (Å²) >= 11 is 0. The van der Waals surface area contributed by atoms with Crippen LogP contribution < -0.4 is 0 Å². The van der Waals surface area contributed by atoms with Gasteiger partial charge in [0, 0.05) is 28.7 Å². The van der Waals surface area contributed by atoms with Crippen molar-refractivity contribution in [1.82, 2.24) is 9.88 Å². The number of phenolic OH excluding ortho intramolecular Hbond substituents is 1. The van der Waals surface area contributed by atoms with Gasteiger partial charge in [-0.05, 0) is 49.7 Å². The number of fused-ring (bicyclic) bond motifs is 3. The fraction of sp³-hybridized carbons (Fsp3) is 0.250. The molecule has 1 atom stereocenters. The van der Waals surface area contributed by atoms with Crippen LogP contribution in [0.3, 0.4) is 0 Å². The SMILES string of the molecule is O=C(O)c1coc2c1c(C(c1ccncc1)N1CCCCC1)c(O)c1c(F)cccc12. The van der Waals surface area contributed by atoms with Crippen LogP contribution in [0.5, 0.6) is 5.75 Å². The first-order chi connectivity index (χ1) is 15.1. The van der Waals surface area contributed by atoms with Crippen LogP contribution in [0.1, 0.15) is 46.8 Å². The van der Waals surface area contributed by atoms with Gasteiger partial charge in [0.1, 0.15) is 29.0 Å². The first-order valence-electron chi connectivity index (χ1n) is 10.3. The van der Waals surface area contributed by atoms with E-state index in [0.717, 1.165) is 37.9 Å².